The number of ether oxygens (including phenoxy) is 3. The summed E-state index contributed by atoms with van der Waals surface area (Å²) in [5.41, 5.74) is 1.29. The molecule has 0 N–H and O–H groups in total. The maximum absolute atomic E-state index is 12.2. The van der Waals surface area contributed by atoms with Gasteiger partial charge in [0.05, 0.1) is 0 Å². The second-order valence-corrected chi connectivity index (χ2v) is 5.55. The zero-order chi connectivity index (χ0) is 17.6. The predicted octanol–water partition coefficient (Wildman–Crippen LogP) is 3.29. The highest BCUT2D eigenvalue weighted by Crippen LogP contribution is 2.31. The van der Waals surface area contributed by atoms with Crippen LogP contribution in [-0.2, 0) is 9.53 Å². The van der Waals surface area contributed by atoms with Gasteiger partial charge in [-0.1, -0.05) is 36.4 Å². The average Bonchev–Trinajstić information content (AvgIpc) is 2.66. The Morgan fingerprint density at radius 1 is 1.04 bits per heavy atom. The van der Waals surface area contributed by atoms with Crippen molar-refractivity contribution in [3.8, 4) is 11.5 Å². The zero-order valence-electron chi connectivity index (χ0n) is 13.8. The van der Waals surface area contributed by atoms with Crippen molar-refractivity contribution >= 4 is 17.8 Å². The van der Waals surface area contributed by atoms with E-state index in [-0.39, 0.29) is 5.78 Å². The molecule has 3 rings (SSSR count). The summed E-state index contributed by atoms with van der Waals surface area (Å²) < 4.78 is 16.1. The molecular weight excluding hydrogens is 320 g/mol. The van der Waals surface area contributed by atoms with E-state index in [2.05, 4.69) is 0 Å². The second-order valence-electron chi connectivity index (χ2n) is 5.55. The first-order valence-electron chi connectivity index (χ1n) is 8.01. The number of hydrogen-bond acceptors (Lipinski definition) is 5. The Kier molecular flexibility index (Phi) is 5.14. The molecule has 0 bridgehead atoms. The van der Waals surface area contributed by atoms with Crippen molar-refractivity contribution in [2.75, 3.05) is 13.2 Å². The van der Waals surface area contributed by atoms with Gasteiger partial charge in [0, 0.05) is 11.6 Å². The lowest BCUT2D eigenvalue weighted by molar-refractivity contribution is -0.140. The van der Waals surface area contributed by atoms with Crippen molar-refractivity contribution in [1.29, 1.82) is 0 Å². The molecule has 25 heavy (non-hydrogen) atoms. The van der Waals surface area contributed by atoms with Gasteiger partial charge in [-0.15, -0.1) is 0 Å². The summed E-state index contributed by atoms with van der Waals surface area (Å²) in [6.45, 7) is 2.59. The van der Waals surface area contributed by atoms with E-state index in [0.717, 1.165) is 5.56 Å². The third kappa shape index (κ3) is 4.26. The van der Waals surface area contributed by atoms with E-state index in [4.69, 9.17) is 14.2 Å². The number of fused-ring (bicyclic) bond motifs is 1. The number of hydrogen-bond donors (Lipinski definition) is 0. The smallest absolute Gasteiger partial charge is 0.331 e. The second kappa shape index (κ2) is 7.66. The molecule has 1 aliphatic rings. The molecule has 5 heteroatoms. The summed E-state index contributed by atoms with van der Waals surface area (Å²) in [6, 6.07) is 14.1. The van der Waals surface area contributed by atoms with Crippen LogP contribution in [0.4, 0.5) is 0 Å². The van der Waals surface area contributed by atoms with Crippen molar-refractivity contribution in [3.63, 3.8) is 0 Å². The van der Waals surface area contributed by atoms with Crippen LogP contribution in [0.1, 0.15) is 22.8 Å². The fourth-order valence-electron chi connectivity index (χ4n) is 2.43. The van der Waals surface area contributed by atoms with E-state index in [1.165, 1.54) is 6.08 Å². The lowest BCUT2D eigenvalue weighted by Crippen LogP contribution is -2.23. The topological polar surface area (TPSA) is 61.8 Å². The minimum Gasteiger partial charge on any atom is -0.486 e. The van der Waals surface area contributed by atoms with Crippen molar-refractivity contribution in [1.82, 2.24) is 0 Å². The fraction of sp³-hybridized carbons (Fsp3) is 0.200. The van der Waals surface area contributed by atoms with Crippen molar-refractivity contribution in [2.45, 2.75) is 13.0 Å². The molecule has 0 saturated carbocycles. The molecule has 128 valence electrons. The average molecular weight is 338 g/mol. The standard InChI is InChI=1S/C20H18O5/c1-14(20(22)16-5-3-2-4-6-16)25-19(21)10-8-15-7-9-17-18(13-15)24-12-11-23-17/h2-10,13-14H,11-12H2,1H3/b10-8+. The van der Waals surface area contributed by atoms with Crippen LogP contribution in [0.25, 0.3) is 6.08 Å². The molecule has 1 unspecified atom stereocenters. The van der Waals surface area contributed by atoms with Gasteiger partial charge in [0.1, 0.15) is 13.2 Å². The van der Waals surface area contributed by atoms with Gasteiger partial charge in [0.25, 0.3) is 0 Å². The highest BCUT2D eigenvalue weighted by molar-refractivity contribution is 6.01. The maximum atomic E-state index is 12.2. The van der Waals surface area contributed by atoms with Crippen LogP contribution in [0.3, 0.4) is 0 Å². The van der Waals surface area contributed by atoms with Gasteiger partial charge in [0.2, 0.25) is 5.78 Å². The van der Waals surface area contributed by atoms with E-state index in [0.29, 0.717) is 30.3 Å². The Morgan fingerprint density at radius 2 is 1.76 bits per heavy atom. The lowest BCUT2D eigenvalue weighted by atomic mass is 10.1. The molecule has 0 amide bonds. The summed E-state index contributed by atoms with van der Waals surface area (Å²) >= 11 is 0. The quantitative estimate of drug-likeness (QED) is 0.476. The molecular formula is C20H18O5. The molecule has 0 fully saturated rings. The molecule has 5 nitrogen and oxygen atoms in total. The van der Waals surface area contributed by atoms with Gasteiger partial charge >= 0.3 is 5.97 Å². The summed E-state index contributed by atoms with van der Waals surface area (Å²) in [4.78, 5) is 24.1. The van der Waals surface area contributed by atoms with Gasteiger partial charge in [-0.3, -0.25) is 4.79 Å². The zero-order valence-corrected chi connectivity index (χ0v) is 13.8. The number of carbonyl (C=O) groups is 2. The van der Waals surface area contributed by atoms with E-state index in [1.807, 2.05) is 12.1 Å². The Balaban J connectivity index is 1.60. The number of carbonyl (C=O) groups excluding carboxylic acids is 2. The molecule has 1 heterocycles. The molecule has 0 aromatic heterocycles. The lowest BCUT2D eigenvalue weighted by Gasteiger charge is -2.18. The molecule has 0 saturated heterocycles. The van der Waals surface area contributed by atoms with E-state index >= 15 is 0 Å². The predicted molar refractivity (Wildman–Crippen MR) is 92.8 cm³/mol. The Bertz CT molecular complexity index is 795. The largest absolute Gasteiger partial charge is 0.486 e. The fourth-order valence-corrected chi connectivity index (χ4v) is 2.43. The van der Waals surface area contributed by atoms with Crippen LogP contribution in [0.5, 0.6) is 11.5 Å². The normalized spacial score (nSPS) is 14.1. The molecule has 2 aromatic rings. The minimum absolute atomic E-state index is 0.235. The Hall–Kier alpha value is -3.08. The van der Waals surface area contributed by atoms with Crippen molar-refractivity contribution in [3.05, 3.63) is 65.7 Å². The van der Waals surface area contributed by atoms with Crippen molar-refractivity contribution < 1.29 is 23.8 Å². The number of ketones is 1. The maximum Gasteiger partial charge on any atom is 0.331 e. The molecule has 1 aliphatic heterocycles. The van der Waals surface area contributed by atoms with E-state index in [1.54, 1.807) is 49.4 Å². The van der Waals surface area contributed by atoms with Gasteiger partial charge < -0.3 is 14.2 Å². The molecule has 2 aromatic carbocycles. The van der Waals surface area contributed by atoms with Gasteiger partial charge in [0.15, 0.2) is 17.6 Å². The third-order valence-electron chi connectivity index (χ3n) is 3.70. The molecule has 0 spiro atoms. The Morgan fingerprint density at radius 3 is 2.52 bits per heavy atom. The number of Topliss-reactive ketones (excluding diaryl/α,β-unsaturated/α-hetero) is 1. The molecule has 0 aliphatic carbocycles. The first kappa shape index (κ1) is 16.8. The van der Waals surface area contributed by atoms with Crippen LogP contribution >= 0.6 is 0 Å². The number of rotatable bonds is 5. The molecule has 1 atom stereocenters. The summed E-state index contributed by atoms with van der Waals surface area (Å²) in [5.74, 6) is 0.524. The number of benzene rings is 2. The minimum atomic E-state index is -0.847. The monoisotopic (exact) mass is 338 g/mol. The highest BCUT2D eigenvalue weighted by atomic mass is 16.6. The first-order chi connectivity index (χ1) is 12.1. The van der Waals surface area contributed by atoms with Crippen LogP contribution in [0.2, 0.25) is 0 Å². The van der Waals surface area contributed by atoms with Crippen LogP contribution in [0.15, 0.2) is 54.6 Å². The van der Waals surface area contributed by atoms with E-state index < -0.39 is 12.1 Å². The van der Waals surface area contributed by atoms with Crippen LogP contribution < -0.4 is 9.47 Å². The summed E-state index contributed by atoms with van der Waals surface area (Å²) in [5, 5.41) is 0. The van der Waals surface area contributed by atoms with Gasteiger partial charge in [-0.05, 0) is 30.7 Å². The third-order valence-corrected chi connectivity index (χ3v) is 3.70. The van der Waals surface area contributed by atoms with Crippen LogP contribution in [-0.4, -0.2) is 31.1 Å². The Labute approximate surface area is 145 Å². The molecule has 0 radical (unpaired) electrons. The van der Waals surface area contributed by atoms with Gasteiger partial charge in [-0.25, -0.2) is 4.79 Å². The van der Waals surface area contributed by atoms with Crippen LogP contribution in [0, 0.1) is 0 Å². The summed E-state index contributed by atoms with van der Waals surface area (Å²) in [7, 11) is 0. The first-order valence-corrected chi connectivity index (χ1v) is 8.01. The highest BCUT2D eigenvalue weighted by Gasteiger charge is 2.18. The van der Waals surface area contributed by atoms with Crippen molar-refractivity contribution in [2.24, 2.45) is 0 Å². The van der Waals surface area contributed by atoms with E-state index in [9.17, 15) is 9.59 Å². The van der Waals surface area contributed by atoms with Gasteiger partial charge in [-0.2, -0.15) is 0 Å². The summed E-state index contributed by atoms with van der Waals surface area (Å²) in [6.07, 6.45) is 2.06. The SMILES string of the molecule is CC(OC(=O)/C=C/c1ccc2c(c1)OCCO2)C(=O)c1ccccc1. The number of esters is 1.